The number of pyridine rings is 1. The minimum absolute atomic E-state index is 0.00401. The molecule has 0 aliphatic heterocycles. The van der Waals surface area contributed by atoms with Crippen LogP contribution in [0.25, 0.3) is 0 Å². The third-order valence-electron chi connectivity index (χ3n) is 1.50. The predicted molar refractivity (Wildman–Crippen MR) is 45.6 cm³/mol. The number of alkyl halides is 1. The van der Waals surface area contributed by atoms with Crippen LogP contribution in [0.1, 0.15) is 5.56 Å². The highest BCUT2D eigenvalue weighted by atomic mass is 35.5. The van der Waals surface area contributed by atoms with Crippen molar-refractivity contribution in [3.63, 3.8) is 0 Å². The van der Waals surface area contributed by atoms with Gasteiger partial charge in [-0.2, -0.15) is 9.83 Å². The van der Waals surface area contributed by atoms with Crippen LogP contribution in [0, 0.1) is 17.3 Å². The molecule has 0 fully saturated rings. The highest BCUT2D eigenvalue weighted by Gasteiger charge is 2.11. The van der Waals surface area contributed by atoms with Crippen molar-refractivity contribution in [2.24, 2.45) is 0 Å². The lowest BCUT2D eigenvalue weighted by molar-refractivity contribution is 0.591. The molecule has 0 atom stereocenters. The molecule has 0 radical (unpaired) electrons. The van der Waals surface area contributed by atoms with E-state index < -0.39 is 11.4 Å². The molecule has 1 heterocycles. The zero-order chi connectivity index (χ0) is 10.0. The summed E-state index contributed by atoms with van der Waals surface area (Å²) in [5.41, 5.74) is 4.22. The van der Waals surface area contributed by atoms with Crippen LogP contribution in [0.15, 0.2) is 10.9 Å². The standard InChI is InChI=1S/C7H5ClFN3O/c8-2-4-1-5(11)12(3-10)7(13)6(4)9/h1H,2,11H2. The van der Waals surface area contributed by atoms with E-state index in [1.807, 2.05) is 0 Å². The van der Waals surface area contributed by atoms with E-state index in [4.69, 9.17) is 22.6 Å². The number of hydrogen-bond donors (Lipinski definition) is 1. The predicted octanol–water partition coefficient (Wildman–Crippen LogP) is 0.638. The first-order valence-electron chi connectivity index (χ1n) is 3.27. The van der Waals surface area contributed by atoms with Gasteiger partial charge >= 0.3 is 5.56 Å². The monoisotopic (exact) mass is 201 g/mol. The minimum Gasteiger partial charge on any atom is -0.384 e. The second kappa shape index (κ2) is 3.46. The van der Waals surface area contributed by atoms with Gasteiger partial charge in [0, 0.05) is 5.56 Å². The quantitative estimate of drug-likeness (QED) is 0.678. The van der Waals surface area contributed by atoms with Crippen LogP contribution in [0.2, 0.25) is 0 Å². The lowest BCUT2D eigenvalue weighted by atomic mass is 10.3. The molecular formula is C7H5ClFN3O. The van der Waals surface area contributed by atoms with E-state index in [0.29, 0.717) is 4.57 Å². The third-order valence-corrected chi connectivity index (χ3v) is 1.78. The molecule has 0 saturated heterocycles. The molecule has 68 valence electrons. The van der Waals surface area contributed by atoms with Gasteiger partial charge in [0.25, 0.3) is 0 Å². The van der Waals surface area contributed by atoms with Gasteiger partial charge in [-0.15, -0.1) is 11.6 Å². The summed E-state index contributed by atoms with van der Waals surface area (Å²) in [5, 5.41) is 8.42. The summed E-state index contributed by atoms with van der Waals surface area (Å²) in [6.45, 7) is 0. The highest BCUT2D eigenvalue weighted by molar-refractivity contribution is 6.17. The summed E-state index contributed by atoms with van der Waals surface area (Å²) in [7, 11) is 0. The van der Waals surface area contributed by atoms with Crippen LogP contribution in [-0.4, -0.2) is 4.57 Å². The molecule has 1 rings (SSSR count). The van der Waals surface area contributed by atoms with Crippen molar-refractivity contribution in [3.8, 4) is 6.19 Å². The Morgan fingerprint density at radius 3 is 2.85 bits per heavy atom. The van der Waals surface area contributed by atoms with Crippen molar-refractivity contribution < 1.29 is 4.39 Å². The summed E-state index contributed by atoms with van der Waals surface area (Å²) in [5.74, 6) is -1.31. The molecule has 1 aromatic heterocycles. The minimum atomic E-state index is -1.07. The Balaban J connectivity index is 3.58. The normalized spacial score (nSPS) is 9.62. The van der Waals surface area contributed by atoms with E-state index in [1.54, 1.807) is 0 Å². The molecule has 13 heavy (non-hydrogen) atoms. The van der Waals surface area contributed by atoms with Crippen LogP contribution in [0.3, 0.4) is 0 Å². The van der Waals surface area contributed by atoms with Gasteiger partial charge in [0.15, 0.2) is 12.0 Å². The van der Waals surface area contributed by atoms with Gasteiger partial charge < -0.3 is 5.73 Å². The topological polar surface area (TPSA) is 71.8 Å². The molecular weight excluding hydrogens is 197 g/mol. The number of halogens is 2. The molecule has 0 bridgehead atoms. The highest BCUT2D eigenvalue weighted by Crippen LogP contribution is 2.09. The summed E-state index contributed by atoms with van der Waals surface area (Å²) < 4.78 is 13.5. The molecule has 4 nitrogen and oxygen atoms in total. The maximum atomic E-state index is 13.0. The van der Waals surface area contributed by atoms with Crippen molar-refractivity contribution in [2.75, 3.05) is 5.73 Å². The van der Waals surface area contributed by atoms with Crippen molar-refractivity contribution in [3.05, 3.63) is 27.8 Å². The van der Waals surface area contributed by atoms with E-state index in [0.717, 1.165) is 6.07 Å². The first kappa shape index (κ1) is 9.55. The van der Waals surface area contributed by atoms with E-state index in [1.165, 1.54) is 6.19 Å². The molecule has 0 amide bonds. The molecule has 0 aliphatic carbocycles. The van der Waals surface area contributed by atoms with Crippen LogP contribution >= 0.6 is 11.6 Å². The Morgan fingerprint density at radius 1 is 1.77 bits per heavy atom. The van der Waals surface area contributed by atoms with Gasteiger partial charge in [-0.25, -0.2) is 4.39 Å². The average Bonchev–Trinajstić information content (AvgIpc) is 2.12. The Bertz CT molecular complexity index is 434. The number of anilines is 1. The molecule has 0 saturated carbocycles. The van der Waals surface area contributed by atoms with Crippen molar-refractivity contribution in [2.45, 2.75) is 5.88 Å². The first-order valence-corrected chi connectivity index (χ1v) is 3.81. The number of rotatable bonds is 1. The number of nitrogen functional groups attached to an aromatic ring is 1. The van der Waals surface area contributed by atoms with Gasteiger partial charge in [0.05, 0.1) is 5.88 Å². The zero-order valence-electron chi connectivity index (χ0n) is 6.42. The van der Waals surface area contributed by atoms with E-state index in [-0.39, 0.29) is 17.3 Å². The van der Waals surface area contributed by atoms with Crippen LogP contribution in [0.4, 0.5) is 10.2 Å². The van der Waals surface area contributed by atoms with Crippen molar-refractivity contribution in [1.29, 1.82) is 5.26 Å². The molecule has 0 aromatic carbocycles. The second-order valence-corrected chi connectivity index (χ2v) is 2.55. The number of nitrogens with two attached hydrogens (primary N) is 1. The molecule has 2 N–H and O–H groups in total. The fourth-order valence-electron chi connectivity index (χ4n) is 0.860. The van der Waals surface area contributed by atoms with E-state index in [2.05, 4.69) is 0 Å². The van der Waals surface area contributed by atoms with E-state index >= 15 is 0 Å². The molecule has 0 unspecified atom stereocenters. The number of nitriles is 1. The van der Waals surface area contributed by atoms with Crippen molar-refractivity contribution >= 4 is 17.4 Å². The first-order chi connectivity index (χ1) is 6.11. The summed E-state index contributed by atoms with van der Waals surface area (Å²) in [6, 6.07) is 1.16. The van der Waals surface area contributed by atoms with Gasteiger partial charge in [-0.05, 0) is 6.07 Å². The Kier molecular flexibility index (Phi) is 2.54. The third kappa shape index (κ3) is 1.48. The largest absolute Gasteiger partial charge is 0.384 e. The summed E-state index contributed by atoms with van der Waals surface area (Å²) in [6.07, 6.45) is 1.45. The fraction of sp³-hybridized carbons (Fsp3) is 0.143. The second-order valence-electron chi connectivity index (χ2n) is 2.28. The fourth-order valence-corrected chi connectivity index (χ4v) is 1.05. The van der Waals surface area contributed by atoms with E-state index in [9.17, 15) is 9.18 Å². The van der Waals surface area contributed by atoms with Gasteiger partial charge in [-0.3, -0.25) is 4.79 Å². The number of aromatic nitrogens is 1. The maximum Gasteiger partial charge on any atom is 0.301 e. The van der Waals surface area contributed by atoms with Crippen LogP contribution < -0.4 is 11.3 Å². The van der Waals surface area contributed by atoms with Gasteiger partial charge in [-0.1, -0.05) is 0 Å². The summed E-state index contributed by atoms with van der Waals surface area (Å²) in [4.78, 5) is 11.0. The van der Waals surface area contributed by atoms with Gasteiger partial charge in [0.1, 0.15) is 5.82 Å². The number of hydrogen-bond acceptors (Lipinski definition) is 3. The molecule has 6 heteroatoms. The van der Waals surface area contributed by atoms with Gasteiger partial charge in [0.2, 0.25) is 0 Å². The smallest absolute Gasteiger partial charge is 0.301 e. The maximum absolute atomic E-state index is 13.0. The number of nitrogens with zero attached hydrogens (tertiary/aromatic N) is 2. The lowest BCUT2D eigenvalue weighted by Gasteiger charge is -2.02. The lowest BCUT2D eigenvalue weighted by Crippen LogP contribution is -2.24. The van der Waals surface area contributed by atoms with Crippen LogP contribution in [0.5, 0.6) is 0 Å². The Labute approximate surface area is 78.0 Å². The Hall–Kier alpha value is -1.54. The zero-order valence-corrected chi connectivity index (χ0v) is 7.18. The average molecular weight is 202 g/mol. The molecule has 0 aliphatic rings. The Morgan fingerprint density at radius 2 is 2.38 bits per heavy atom. The SMILES string of the molecule is N#Cn1c(N)cc(CCl)c(F)c1=O. The molecule has 1 aromatic rings. The van der Waals surface area contributed by atoms with Crippen molar-refractivity contribution in [1.82, 2.24) is 4.57 Å². The van der Waals surface area contributed by atoms with Crippen LogP contribution in [-0.2, 0) is 5.88 Å². The summed E-state index contributed by atoms with van der Waals surface area (Å²) >= 11 is 5.35. The molecule has 0 spiro atoms.